The first-order valence-electron chi connectivity index (χ1n) is 7.65. The van der Waals surface area contributed by atoms with Crippen LogP contribution in [-0.2, 0) is 11.2 Å². The van der Waals surface area contributed by atoms with Crippen molar-refractivity contribution < 1.29 is 4.74 Å². The summed E-state index contributed by atoms with van der Waals surface area (Å²) in [5, 5.41) is 3.32. The fraction of sp³-hybridized carbons (Fsp3) is 0.500. The van der Waals surface area contributed by atoms with Crippen LogP contribution in [0.15, 0.2) is 18.5 Å². The van der Waals surface area contributed by atoms with Crippen LogP contribution < -0.4 is 5.32 Å². The molecule has 3 heterocycles. The molecule has 1 atom stereocenters. The van der Waals surface area contributed by atoms with E-state index in [-0.39, 0.29) is 0 Å². The molecule has 1 aliphatic heterocycles. The highest BCUT2D eigenvalue weighted by Crippen LogP contribution is 2.24. The molecule has 22 heavy (non-hydrogen) atoms. The van der Waals surface area contributed by atoms with Crippen LogP contribution in [-0.4, -0.2) is 39.7 Å². The van der Waals surface area contributed by atoms with Crippen molar-refractivity contribution in [1.29, 1.82) is 0 Å². The van der Waals surface area contributed by atoms with Crippen LogP contribution in [0.1, 0.15) is 35.2 Å². The average Bonchev–Trinajstić information content (AvgIpc) is 3.01. The maximum Gasteiger partial charge on any atom is 0.130 e. The van der Waals surface area contributed by atoms with Crippen molar-refractivity contribution in [2.75, 3.05) is 25.1 Å². The number of hydrogen-bond donors (Lipinski definition) is 1. The third-order valence-electron chi connectivity index (χ3n) is 3.72. The summed E-state index contributed by atoms with van der Waals surface area (Å²) in [7, 11) is 0. The molecule has 1 aliphatic rings. The van der Waals surface area contributed by atoms with Crippen LogP contribution in [0.5, 0.6) is 0 Å². The summed E-state index contributed by atoms with van der Waals surface area (Å²) in [4.78, 5) is 17.5. The van der Waals surface area contributed by atoms with E-state index in [1.54, 1.807) is 6.33 Å². The monoisotopic (exact) mass is 299 g/mol. The zero-order valence-corrected chi connectivity index (χ0v) is 13.0. The predicted octanol–water partition coefficient (Wildman–Crippen LogP) is 2.04. The maximum atomic E-state index is 5.42. The minimum atomic E-state index is 0.395. The lowest BCUT2D eigenvalue weighted by atomic mass is 10.1. The van der Waals surface area contributed by atoms with Gasteiger partial charge in [0, 0.05) is 42.9 Å². The van der Waals surface area contributed by atoms with Gasteiger partial charge in [-0.15, -0.1) is 0 Å². The zero-order valence-electron chi connectivity index (χ0n) is 13.0. The van der Waals surface area contributed by atoms with E-state index in [1.807, 2.05) is 26.0 Å². The minimum Gasteiger partial charge on any atom is -0.381 e. The van der Waals surface area contributed by atoms with Gasteiger partial charge in [0.15, 0.2) is 0 Å². The molecule has 1 saturated heterocycles. The van der Waals surface area contributed by atoms with E-state index in [9.17, 15) is 0 Å². The molecular weight excluding hydrogens is 278 g/mol. The lowest BCUT2D eigenvalue weighted by Crippen LogP contribution is -2.11. The van der Waals surface area contributed by atoms with Gasteiger partial charge in [-0.05, 0) is 26.3 Å². The fourth-order valence-electron chi connectivity index (χ4n) is 2.67. The molecule has 0 aromatic carbocycles. The lowest BCUT2D eigenvalue weighted by molar-refractivity contribution is 0.193. The van der Waals surface area contributed by atoms with Gasteiger partial charge in [-0.1, -0.05) is 0 Å². The smallest absolute Gasteiger partial charge is 0.130 e. The van der Waals surface area contributed by atoms with E-state index in [1.165, 1.54) is 0 Å². The number of aromatic nitrogens is 4. The molecule has 1 N–H and O–H groups in total. The van der Waals surface area contributed by atoms with E-state index in [0.717, 1.165) is 61.3 Å². The molecule has 3 rings (SSSR count). The second kappa shape index (κ2) is 6.79. The number of anilines is 1. The molecule has 2 aromatic rings. The molecule has 6 heteroatoms. The molecule has 6 nitrogen and oxygen atoms in total. The summed E-state index contributed by atoms with van der Waals surface area (Å²) in [6.45, 7) is 6.31. The third kappa shape index (κ3) is 3.76. The van der Waals surface area contributed by atoms with E-state index < -0.39 is 0 Å². The van der Waals surface area contributed by atoms with Crippen LogP contribution in [0.25, 0.3) is 0 Å². The molecule has 0 aliphatic carbocycles. The Morgan fingerprint density at radius 3 is 2.73 bits per heavy atom. The Kier molecular flexibility index (Phi) is 4.58. The topological polar surface area (TPSA) is 72.8 Å². The summed E-state index contributed by atoms with van der Waals surface area (Å²) in [6, 6.07) is 4.00. The summed E-state index contributed by atoms with van der Waals surface area (Å²) >= 11 is 0. The molecular formula is C16H21N5O. The van der Waals surface area contributed by atoms with Gasteiger partial charge in [0.05, 0.1) is 12.3 Å². The highest BCUT2D eigenvalue weighted by molar-refractivity contribution is 5.36. The number of aryl methyl sites for hydroxylation is 2. The SMILES string of the molecule is Cc1cc(C)nc(CCNc2cc([C@H]3CCOC3)ncn2)n1. The predicted molar refractivity (Wildman–Crippen MR) is 83.9 cm³/mol. The molecule has 0 radical (unpaired) electrons. The highest BCUT2D eigenvalue weighted by atomic mass is 16.5. The maximum absolute atomic E-state index is 5.42. The third-order valence-corrected chi connectivity index (χ3v) is 3.72. The highest BCUT2D eigenvalue weighted by Gasteiger charge is 2.19. The number of nitrogens with one attached hydrogen (secondary N) is 1. The van der Waals surface area contributed by atoms with Crippen molar-refractivity contribution in [2.45, 2.75) is 32.6 Å². The normalized spacial score (nSPS) is 17.6. The first kappa shape index (κ1) is 14.8. The fourth-order valence-corrected chi connectivity index (χ4v) is 2.67. The van der Waals surface area contributed by atoms with Crippen molar-refractivity contribution in [3.63, 3.8) is 0 Å². The average molecular weight is 299 g/mol. The van der Waals surface area contributed by atoms with Crippen molar-refractivity contribution in [1.82, 2.24) is 19.9 Å². The Bertz CT molecular complexity index is 620. The molecule has 0 unspecified atom stereocenters. The van der Waals surface area contributed by atoms with Gasteiger partial charge in [-0.3, -0.25) is 0 Å². The molecule has 0 spiro atoms. The Morgan fingerprint density at radius 2 is 2.00 bits per heavy atom. The molecule has 0 amide bonds. The van der Waals surface area contributed by atoms with Crippen molar-refractivity contribution in [3.8, 4) is 0 Å². The first-order valence-corrected chi connectivity index (χ1v) is 7.65. The summed E-state index contributed by atoms with van der Waals surface area (Å²) in [5.41, 5.74) is 3.07. The molecule has 0 bridgehead atoms. The van der Waals surface area contributed by atoms with Crippen molar-refractivity contribution in [2.24, 2.45) is 0 Å². The number of nitrogens with zero attached hydrogens (tertiary/aromatic N) is 4. The van der Waals surface area contributed by atoms with Gasteiger partial charge in [-0.2, -0.15) is 0 Å². The Morgan fingerprint density at radius 1 is 1.18 bits per heavy atom. The first-order chi connectivity index (χ1) is 10.7. The second-order valence-electron chi connectivity index (χ2n) is 5.63. The molecule has 2 aromatic heterocycles. The van der Waals surface area contributed by atoms with E-state index in [0.29, 0.717) is 5.92 Å². The van der Waals surface area contributed by atoms with Gasteiger partial charge in [-0.25, -0.2) is 19.9 Å². The van der Waals surface area contributed by atoms with Crippen molar-refractivity contribution in [3.05, 3.63) is 41.4 Å². The quantitative estimate of drug-likeness (QED) is 0.911. The van der Waals surface area contributed by atoms with Crippen LogP contribution in [0.3, 0.4) is 0 Å². The van der Waals surface area contributed by atoms with Gasteiger partial charge in [0.1, 0.15) is 18.0 Å². The van der Waals surface area contributed by atoms with Gasteiger partial charge >= 0.3 is 0 Å². The van der Waals surface area contributed by atoms with Crippen LogP contribution in [0.4, 0.5) is 5.82 Å². The number of ether oxygens (including phenoxy) is 1. The molecule has 1 fully saturated rings. The Balaban J connectivity index is 1.58. The Hall–Kier alpha value is -2.08. The summed E-state index contributed by atoms with van der Waals surface area (Å²) in [6.07, 6.45) is 3.42. The van der Waals surface area contributed by atoms with Gasteiger partial charge < -0.3 is 10.1 Å². The van der Waals surface area contributed by atoms with Crippen molar-refractivity contribution >= 4 is 5.82 Å². The standard InChI is InChI=1S/C16H21N5O/c1-11-7-12(2)21-15(20-11)3-5-17-16-8-14(18-10-19-16)13-4-6-22-9-13/h7-8,10,13H,3-6,9H2,1-2H3,(H,17,18,19)/t13-/m0/s1. The molecule has 116 valence electrons. The molecule has 0 saturated carbocycles. The summed E-state index contributed by atoms with van der Waals surface area (Å²) < 4.78 is 5.42. The van der Waals surface area contributed by atoms with E-state index in [4.69, 9.17) is 4.74 Å². The summed E-state index contributed by atoms with van der Waals surface area (Å²) in [5.74, 6) is 2.11. The largest absolute Gasteiger partial charge is 0.381 e. The number of hydrogen-bond acceptors (Lipinski definition) is 6. The van der Waals surface area contributed by atoms with Gasteiger partial charge in [0.25, 0.3) is 0 Å². The zero-order chi connectivity index (χ0) is 15.4. The van der Waals surface area contributed by atoms with Crippen LogP contribution in [0, 0.1) is 13.8 Å². The van der Waals surface area contributed by atoms with Gasteiger partial charge in [0.2, 0.25) is 0 Å². The van der Waals surface area contributed by atoms with E-state index >= 15 is 0 Å². The van der Waals surface area contributed by atoms with Crippen LogP contribution in [0.2, 0.25) is 0 Å². The lowest BCUT2D eigenvalue weighted by Gasteiger charge is -2.10. The Labute approximate surface area is 130 Å². The van der Waals surface area contributed by atoms with Crippen LogP contribution >= 0.6 is 0 Å². The number of rotatable bonds is 5. The second-order valence-corrected chi connectivity index (χ2v) is 5.63. The minimum absolute atomic E-state index is 0.395. The van der Waals surface area contributed by atoms with E-state index in [2.05, 4.69) is 25.3 Å².